The predicted octanol–water partition coefficient (Wildman–Crippen LogP) is 3.46. The van der Waals surface area contributed by atoms with Crippen molar-refractivity contribution in [3.05, 3.63) is 34.9 Å². The Labute approximate surface area is 130 Å². The number of rotatable bonds is 5. The van der Waals surface area contributed by atoms with E-state index in [1.165, 1.54) is 25.7 Å². The van der Waals surface area contributed by atoms with Gasteiger partial charge in [0.25, 0.3) is 0 Å². The molecule has 22 heavy (non-hydrogen) atoms. The van der Waals surface area contributed by atoms with Crippen molar-refractivity contribution in [3.63, 3.8) is 0 Å². The smallest absolute Gasteiger partial charge is 0.335 e. The number of aromatic carboxylic acids is 1. The summed E-state index contributed by atoms with van der Waals surface area (Å²) in [5.74, 6) is -0.0910. The van der Waals surface area contributed by atoms with Crippen molar-refractivity contribution >= 4 is 11.9 Å². The molecule has 1 fully saturated rings. The molecule has 0 saturated heterocycles. The maximum absolute atomic E-state index is 12.2. The lowest BCUT2D eigenvalue weighted by Crippen LogP contribution is -2.27. The largest absolute Gasteiger partial charge is 0.478 e. The Morgan fingerprint density at radius 2 is 1.95 bits per heavy atom. The average Bonchev–Trinajstić information content (AvgIpc) is 3.14. The van der Waals surface area contributed by atoms with E-state index in [0.29, 0.717) is 12.0 Å². The fourth-order valence-electron chi connectivity index (χ4n) is 3.79. The summed E-state index contributed by atoms with van der Waals surface area (Å²) in [5, 5.41) is 12.2. The summed E-state index contributed by atoms with van der Waals surface area (Å²) in [7, 11) is 0. The number of aryl methyl sites for hydroxylation is 1. The number of nitrogens with one attached hydrogen (secondary N) is 1. The number of hydrogen-bond acceptors (Lipinski definition) is 2. The fourth-order valence-corrected chi connectivity index (χ4v) is 3.79. The monoisotopic (exact) mass is 301 g/mol. The lowest BCUT2D eigenvalue weighted by atomic mass is 10.0. The van der Waals surface area contributed by atoms with Crippen LogP contribution in [0.15, 0.2) is 18.2 Å². The van der Waals surface area contributed by atoms with Gasteiger partial charge in [-0.1, -0.05) is 31.7 Å². The molecule has 1 amide bonds. The maximum Gasteiger partial charge on any atom is 0.335 e. The van der Waals surface area contributed by atoms with Gasteiger partial charge in [-0.05, 0) is 48.4 Å². The van der Waals surface area contributed by atoms with Crippen LogP contribution in [-0.2, 0) is 11.2 Å². The van der Waals surface area contributed by atoms with Crippen molar-refractivity contribution in [1.82, 2.24) is 5.32 Å². The van der Waals surface area contributed by atoms with Crippen LogP contribution in [0.2, 0.25) is 0 Å². The summed E-state index contributed by atoms with van der Waals surface area (Å²) >= 11 is 0. The molecule has 2 aliphatic carbocycles. The SMILES string of the molecule is O=C(CCC1CCCC1)NC1CCc2ccc(C(=O)O)cc21. The number of fused-ring (bicyclic) bond motifs is 1. The number of benzene rings is 1. The van der Waals surface area contributed by atoms with Gasteiger partial charge in [-0.3, -0.25) is 4.79 Å². The van der Waals surface area contributed by atoms with E-state index in [0.717, 1.165) is 36.3 Å². The minimum atomic E-state index is -0.916. The summed E-state index contributed by atoms with van der Waals surface area (Å²) in [4.78, 5) is 23.2. The zero-order chi connectivity index (χ0) is 15.5. The molecular formula is C18H23NO3. The highest BCUT2D eigenvalue weighted by molar-refractivity contribution is 5.88. The van der Waals surface area contributed by atoms with Gasteiger partial charge in [0, 0.05) is 6.42 Å². The Bertz CT molecular complexity index is 576. The second-order valence-corrected chi connectivity index (χ2v) is 6.57. The van der Waals surface area contributed by atoms with E-state index in [2.05, 4.69) is 5.32 Å². The van der Waals surface area contributed by atoms with Crippen molar-refractivity contribution in [2.75, 3.05) is 0 Å². The molecule has 4 heteroatoms. The number of hydrogen-bond donors (Lipinski definition) is 2. The first-order chi connectivity index (χ1) is 10.6. The minimum absolute atomic E-state index is 0.0228. The lowest BCUT2D eigenvalue weighted by molar-refractivity contribution is -0.122. The molecule has 2 aliphatic rings. The van der Waals surface area contributed by atoms with Crippen LogP contribution in [0.1, 0.15) is 72.5 Å². The normalized spacial score (nSPS) is 20.8. The van der Waals surface area contributed by atoms with Gasteiger partial charge >= 0.3 is 5.97 Å². The molecule has 1 aromatic carbocycles. The Hall–Kier alpha value is -1.84. The van der Waals surface area contributed by atoms with E-state index < -0.39 is 5.97 Å². The van der Waals surface area contributed by atoms with Crippen LogP contribution >= 0.6 is 0 Å². The number of carbonyl (C=O) groups is 2. The molecule has 118 valence electrons. The van der Waals surface area contributed by atoms with Crippen molar-refractivity contribution in [2.45, 2.75) is 57.4 Å². The minimum Gasteiger partial charge on any atom is -0.478 e. The van der Waals surface area contributed by atoms with Gasteiger partial charge in [-0.2, -0.15) is 0 Å². The molecule has 1 aromatic rings. The molecule has 1 saturated carbocycles. The van der Waals surface area contributed by atoms with Crippen LogP contribution in [0.25, 0.3) is 0 Å². The zero-order valence-electron chi connectivity index (χ0n) is 12.8. The predicted molar refractivity (Wildman–Crippen MR) is 83.8 cm³/mol. The summed E-state index contributed by atoms with van der Waals surface area (Å²) in [6.45, 7) is 0. The molecule has 1 unspecified atom stereocenters. The Balaban J connectivity index is 1.59. The van der Waals surface area contributed by atoms with Crippen LogP contribution in [0.3, 0.4) is 0 Å². The third-order valence-electron chi connectivity index (χ3n) is 5.06. The third-order valence-corrected chi connectivity index (χ3v) is 5.06. The van der Waals surface area contributed by atoms with E-state index in [1.807, 2.05) is 6.07 Å². The molecule has 3 rings (SSSR count). The number of carbonyl (C=O) groups excluding carboxylic acids is 1. The summed E-state index contributed by atoms with van der Waals surface area (Å²) in [6.07, 6.45) is 8.50. The standard InChI is InChI=1S/C18H23NO3/c20-17(10-5-12-3-1-2-4-12)19-16-9-8-13-6-7-14(18(21)22)11-15(13)16/h6-7,11-12,16H,1-5,8-10H2,(H,19,20)(H,21,22). The van der Waals surface area contributed by atoms with Gasteiger partial charge in [-0.15, -0.1) is 0 Å². The quantitative estimate of drug-likeness (QED) is 0.875. The van der Waals surface area contributed by atoms with Crippen molar-refractivity contribution in [3.8, 4) is 0 Å². The fraction of sp³-hybridized carbons (Fsp3) is 0.556. The highest BCUT2D eigenvalue weighted by Gasteiger charge is 2.25. The zero-order valence-corrected chi connectivity index (χ0v) is 12.8. The highest BCUT2D eigenvalue weighted by Crippen LogP contribution is 2.32. The second kappa shape index (κ2) is 6.51. The first-order valence-corrected chi connectivity index (χ1v) is 8.29. The summed E-state index contributed by atoms with van der Waals surface area (Å²) in [5.41, 5.74) is 2.44. The van der Waals surface area contributed by atoms with E-state index in [-0.39, 0.29) is 11.9 Å². The summed E-state index contributed by atoms with van der Waals surface area (Å²) in [6, 6.07) is 5.21. The molecule has 0 spiro atoms. The van der Waals surface area contributed by atoms with Gasteiger partial charge in [0.05, 0.1) is 11.6 Å². The maximum atomic E-state index is 12.2. The van der Waals surface area contributed by atoms with Crippen LogP contribution in [0.5, 0.6) is 0 Å². The van der Waals surface area contributed by atoms with Gasteiger partial charge in [0.2, 0.25) is 5.91 Å². The van der Waals surface area contributed by atoms with Crippen LogP contribution in [0, 0.1) is 5.92 Å². The molecule has 0 heterocycles. The highest BCUT2D eigenvalue weighted by atomic mass is 16.4. The topological polar surface area (TPSA) is 66.4 Å². The lowest BCUT2D eigenvalue weighted by Gasteiger charge is -2.15. The molecule has 0 bridgehead atoms. The van der Waals surface area contributed by atoms with E-state index >= 15 is 0 Å². The van der Waals surface area contributed by atoms with Gasteiger partial charge in [0.1, 0.15) is 0 Å². The van der Waals surface area contributed by atoms with Crippen molar-refractivity contribution < 1.29 is 14.7 Å². The Morgan fingerprint density at radius 1 is 1.18 bits per heavy atom. The van der Waals surface area contributed by atoms with E-state index in [1.54, 1.807) is 12.1 Å². The third kappa shape index (κ3) is 3.32. The molecule has 0 aliphatic heterocycles. The average molecular weight is 301 g/mol. The van der Waals surface area contributed by atoms with Crippen LogP contribution < -0.4 is 5.32 Å². The number of carboxylic acids is 1. The Morgan fingerprint density at radius 3 is 2.68 bits per heavy atom. The first kappa shape index (κ1) is 15.1. The van der Waals surface area contributed by atoms with Crippen LogP contribution in [0.4, 0.5) is 0 Å². The number of amides is 1. The molecule has 4 nitrogen and oxygen atoms in total. The van der Waals surface area contributed by atoms with Gasteiger partial charge in [0.15, 0.2) is 0 Å². The molecule has 1 atom stereocenters. The molecule has 2 N–H and O–H groups in total. The van der Waals surface area contributed by atoms with Crippen molar-refractivity contribution in [2.24, 2.45) is 5.92 Å². The molecular weight excluding hydrogens is 278 g/mol. The molecule has 0 aromatic heterocycles. The van der Waals surface area contributed by atoms with E-state index in [4.69, 9.17) is 5.11 Å². The summed E-state index contributed by atoms with van der Waals surface area (Å²) < 4.78 is 0. The van der Waals surface area contributed by atoms with Gasteiger partial charge in [-0.25, -0.2) is 4.79 Å². The van der Waals surface area contributed by atoms with E-state index in [9.17, 15) is 9.59 Å². The molecule has 0 radical (unpaired) electrons. The van der Waals surface area contributed by atoms with Gasteiger partial charge < -0.3 is 10.4 Å². The van der Waals surface area contributed by atoms with Crippen molar-refractivity contribution in [1.29, 1.82) is 0 Å². The Kier molecular flexibility index (Phi) is 4.46. The second-order valence-electron chi connectivity index (χ2n) is 6.57. The first-order valence-electron chi connectivity index (χ1n) is 8.29. The van der Waals surface area contributed by atoms with Crippen LogP contribution in [-0.4, -0.2) is 17.0 Å². The number of carboxylic acid groups (broad SMARTS) is 1.